The molecule has 2 bridgehead atoms. The third-order valence-corrected chi connectivity index (χ3v) is 5.38. The highest BCUT2D eigenvalue weighted by Crippen LogP contribution is 2.37. The second kappa shape index (κ2) is 5.82. The molecule has 1 atom stereocenters. The van der Waals surface area contributed by atoms with E-state index in [2.05, 4.69) is 10.00 Å². The number of rotatable bonds is 3. The standard InChI is InChI=1S/C16H19ClN4O3/c1-23-14-7-12(18)11(17)6-10(14)15-19-21(16(22)24-15)13-8-20-4-2-9(13)3-5-20/h6-7,9,13H,2-5,8,18H2,1H3/t13-/m1/s1. The predicted octanol–water partition coefficient (Wildman–Crippen LogP) is 2.01. The van der Waals surface area contributed by atoms with Crippen molar-refractivity contribution in [2.75, 3.05) is 32.5 Å². The number of fused-ring (bicyclic) bond motifs is 3. The van der Waals surface area contributed by atoms with E-state index >= 15 is 0 Å². The van der Waals surface area contributed by atoms with Gasteiger partial charge in [0.15, 0.2) is 0 Å². The summed E-state index contributed by atoms with van der Waals surface area (Å²) in [5.41, 5.74) is 6.72. The average molecular weight is 351 g/mol. The van der Waals surface area contributed by atoms with Crippen LogP contribution in [0.5, 0.6) is 5.75 Å². The number of ether oxygens (including phenoxy) is 1. The van der Waals surface area contributed by atoms with Gasteiger partial charge in [0.05, 0.1) is 29.4 Å². The summed E-state index contributed by atoms with van der Waals surface area (Å²) in [5.74, 6) is 0.704. The lowest BCUT2D eigenvalue weighted by molar-refractivity contribution is 0.0482. The van der Waals surface area contributed by atoms with Gasteiger partial charge in [0.2, 0.25) is 0 Å². The Morgan fingerprint density at radius 1 is 1.38 bits per heavy atom. The van der Waals surface area contributed by atoms with Crippen molar-refractivity contribution >= 4 is 17.3 Å². The Balaban J connectivity index is 1.74. The van der Waals surface area contributed by atoms with Crippen LogP contribution in [0.4, 0.5) is 5.69 Å². The van der Waals surface area contributed by atoms with Gasteiger partial charge < -0.3 is 19.8 Å². The largest absolute Gasteiger partial charge is 0.496 e. The highest BCUT2D eigenvalue weighted by Gasteiger charge is 2.37. The van der Waals surface area contributed by atoms with Gasteiger partial charge in [0, 0.05) is 12.6 Å². The quantitative estimate of drug-likeness (QED) is 0.852. The fourth-order valence-corrected chi connectivity index (χ4v) is 3.89. The van der Waals surface area contributed by atoms with Crippen molar-refractivity contribution < 1.29 is 9.15 Å². The molecule has 5 rings (SSSR count). The van der Waals surface area contributed by atoms with E-state index in [0.29, 0.717) is 27.9 Å². The Kier molecular flexibility index (Phi) is 3.77. The van der Waals surface area contributed by atoms with E-state index in [4.69, 9.17) is 26.5 Å². The Morgan fingerprint density at radius 2 is 2.12 bits per heavy atom. The Labute approximate surface area is 143 Å². The first-order valence-corrected chi connectivity index (χ1v) is 8.40. The van der Waals surface area contributed by atoms with Gasteiger partial charge in [-0.1, -0.05) is 11.6 Å². The van der Waals surface area contributed by atoms with Crippen LogP contribution in [0.15, 0.2) is 21.3 Å². The number of nitrogens with two attached hydrogens (primary N) is 1. The maximum atomic E-state index is 12.4. The van der Waals surface area contributed by atoms with Crippen LogP contribution in [0.3, 0.4) is 0 Å². The molecule has 8 heteroatoms. The molecule has 0 radical (unpaired) electrons. The van der Waals surface area contributed by atoms with Crippen LogP contribution >= 0.6 is 11.6 Å². The molecule has 0 amide bonds. The monoisotopic (exact) mass is 350 g/mol. The number of nitrogen functional groups attached to an aromatic ring is 1. The van der Waals surface area contributed by atoms with E-state index < -0.39 is 5.76 Å². The number of methoxy groups -OCH3 is 1. The highest BCUT2D eigenvalue weighted by atomic mass is 35.5. The minimum Gasteiger partial charge on any atom is -0.496 e. The first kappa shape index (κ1) is 15.5. The number of nitrogens with zero attached hydrogens (tertiary/aromatic N) is 3. The van der Waals surface area contributed by atoms with E-state index in [1.807, 2.05) is 0 Å². The van der Waals surface area contributed by atoms with E-state index in [1.54, 1.807) is 12.1 Å². The van der Waals surface area contributed by atoms with Crippen molar-refractivity contribution in [3.05, 3.63) is 27.7 Å². The second-order valence-electron chi connectivity index (χ2n) is 6.40. The summed E-state index contributed by atoms with van der Waals surface area (Å²) in [4.78, 5) is 14.7. The summed E-state index contributed by atoms with van der Waals surface area (Å²) in [7, 11) is 1.52. The minimum absolute atomic E-state index is 0.0627. The van der Waals surface area contributed by atoms with Crippen molar-refractivity contribution in [2.24, 2.45) is 5.92 Å². The summed E-state index contributed by atoms with van der Waals surface area (Å²) < 4.78 is 12.2. The molecule has 0 saturated carbocycles. The van der Waals surface area contributed by atoms with Crippen molar-refractivity contribution in [3.8, 4) is 17.2 Å². The summed E-state index contributed by atoms with van der Waals surface area (Å²) in [6.07, 6.45) is 2.19. The molecule has 3 aliphatic heterocycles. The van der Waals surface area contributed by atoms with E-state index in [9.17, 15) is 4.79 Å². The molecule has 1 aromatic carbocycles. The number of halogens is 1. The van der Waals surface area contributed by atoms with Crippen LogP contribution in [0, 0.1) is 5.92 Å². The third kappa shape index (κ3) is 2.48. The third-order valence-electron chi connectivity index (χ3n) is 5.05. The number of hydrogen-bond acceptors (Lipinski definition) is 6. The van der Waals surface area contributed by atoms with Crippen LogP contribution < -0.4 is 16.2 Å². The van der Waals surface area contributed by atoms with Gasteiger partial charge in [-0.2, -0.15) is 4.68 Å². The molecular formula is C16H19ClN4O3. The molecule has 128 valence electrons. The minimum atomic E-state index is -0.446. The molecule has 2 N–H and O–H groups in total. The van der Waals surface area contributed by atoms with E-state index in [0.717, 1.165) is 32.5 Å². The summed E-state index contributed by atoms with van der Waals surface area (Å²) in [5, 5.41) is 4.80. The summed E-state index contributed by atoms with van der Waals surface area (Å²) in [6, 6.07) is 3.28. The SMILES string of the molecule is COc1cc(N)c(Cl)cc1-c1nn([C@@H]2CN3CCC2CC3)c(=O)o1. The molecule has 24 heavy (non-hydrogen) atoms. The van der Waals surface area contributed by atoms with Crippen LogP contribution in [-0.2, 0) is 0 Å². The lowest BCUT2D eigenvalue weighted by atomic mass is 9.84. The molecule has 2 aromatic rings. The number of benzene rings is 1. The second-order valence-corrected chi connectivity index (χ2v) is 6.80. The number of aromatic nitrogens is 2. The van der Waals surface area contributed by atoms with Crippen LogP contribution in [0.2, 0.25) is 5.02 Å². The molecule has 1 aromatic heterocycles. The highest BCUT2D eigenvalue weighted by molar-refractivity contribution is 6.33. The van der Waals surface area contributed by atoms with Crippen molar-refractivity contribution in [3.63, 3.8) is 0 Å². The van der Waals surface area contributed by atoms with Crippen LogP contribution in [0.25, 0.3) is 11.5 Å². The molecule has 0 spiro atoms. The lowest BCUT2D eigenvalue weighted by Crippen LogP contribution is -2.49. The van der Waals surface area contributed by atoms with Crippen molar-refractivity contribution in [1.29, 1.82) is 0 Å². The van der Waals surface area contributed by atoms with Gasteiger partial charge in [-0.05, 0) is 37.9 Å². The molecule has 7 nitrogen and oxygen atoms in total. The van der Waals surface area contributed by atoms with Gasteiger partial charge in [-0.25, -0.2) is 4.79 Å². The average Bonchev–Trinajstić information content (AvgIpc) is 2.99. The smallest absolute Gasteiger partial charge is 0.437 e. The first-order valence-electron chi connectivity index (χ1n) is 8.02. The molecule has 0 aliphatic carbocycles. The topological polar surface area (TPSA) is 86.5 Å². The zero-order valence-electron chi connectivity index (χ0n) is 13.4. The molecule has 0 unspecified atom stereocenters. The molecular weight excluding hydrogens is 332 g/mol. The predicted molar refractivity (Wildman–Crippen MR) is 90.4 cm³/mol. The number of piperidine rings is 3. The van der Waals surface area contributed by atoms with Gasteiger partial charge in [0.1, 0.15) is 5.75 Å². The van der Waals surface area contributed by atoms with E-state index in [-0.39, 0.29) is 11.9 Å². The maximum Gasteiger partial charge on any atom is 0.437 e. The lowest BCUT2D eigenvalue weighted by Gasteiger charge is -2.43. The number of hydrogen-bond donors (Lipinski definition) is 1. The Morgan fingerprint density at radius 3 is 2.75 bits per heavy atom. The van der Waals surface area contributed by atoms with Crippen LogP contribution in [0.1, 0.15) is 18.9 Å². The van der Waals surface area contributed by atoms with Gasteiger partial charge in [0.25, 0.3) is 5.89 Å². The zero-order chi connectivity index (χ0) is 16.8. The summed E-state index contributed by atoms with van der Waals surface area (Å²) in [6.45, 7) is 3.04. The maximum absolute atomic E-state index is 12.4. The Hall–Kier alpha value is -1.99. The molecule has 3 aliphatic rings. The normalized spacial score (nSPS) is 25.8. The molecule has 3 fully saturated rings. The van der Waals surface area contributed by atoms with Gasteiger partial charge in [-0.15, -0.1) is 5.10 Å². The van der Waals surface area contributed by atoms with Gasteiger partial charge in [-0.3, -0.25) is 0 Å². The first-order chi connectivity index (χ1) is 11.6. The number of anilines is 1. The van der Waals surface area contributed by atoms with Gasteiger partial charge >= 0.3 is 5.76 Å². The van der Waals surface area contributed by atoms with E-state index in [1.165, 1.54) is 11.8 Å². The summed E-state index contributed by atoms with van der Waals surface area (Å²) >= 11 is 6.10. The van der Waals surface area contributed by atoms with Crippen LogP contribution in [-0.4, -0.2) is 41.4 Å². The molecule has 3 saturated heterocycles. The fourth-order valence-electron chi connectivity index (χ4n) is 3.72. The van der Waals surface area contributed by atoms with Crippen molar-refractivity contribution in [2.45, 2.75) is 18.9 Å². The zero-order valence-corrected chi connectivity index (χ0v) is 14.1. The Bertz CT molecular complexity index is 823. The molecule has 4 heterocycles. The van der Waals surface area contributed by atoms with Crippen molar-refractivity contribution in [1.82, 2.24) is 14.7 Å². The fraction of sp³-hybridized carbons (Fsp3) is 0.500.